The van der Waals surface area contributed by atoms with Gasteiger partial charge in [0.25, 0.3) is 10.0 Å². The van der Waals surface area contributed by atoms with Crippen LogP contribution in [-0.2, 0) is 10.0 Å². The molecule has 0 aliphatic carbocycles. The van der Waals surface area contributed by atoms with Gasteiger partial charge >= 0.3 is 0 Å². The standard InChI is InChI=1S/C9H13Br2NO2S2/c1-2-5-12(6-4-10)16(13,14)9-8(11)3-7-15-9/h3,7H,2,4-6H2,1H3. The molecule has 0 saturated carbocycles. The molecule has 16 heavy (non-hydrogen) atoms. The van der Waals surface area contributed by atoms with Crippen molar-refractivity contribution in [2.45, 2.75) is 17.6 Å². The van der Waals surface area contributed by atoms with E-state index >= 15 is 0 Å². The SMILES string of the molecule is CCCN(CCBr)S(=O)(=O)c1sccc1Br. The number of rotatable bonds is 6. The minimum Gasteiger partial charge on any atom is -0.206 e. The lowest BCUT2D eigenvalue weighted by Crippen LogP contribution is -2.33. The van der Waals surface area contributed by atoms with Crippen LogP contribution in [0.4, 0.5) is 0 Å². The highest BCUT2D eigenvalue weighted by molar-refractivity contribution is 9.10. The Bertz CT molecular complexity index is 424. The van der Waals surface area contributed by atoms with E-state index in [1.807, 2.05) is 6.92 Å². The first kappa shape index (κ1) is 14.6. The van der Waals surface area contributed by atoms with Gasteiger partial charge in [-0.25, -0.2) is 8.42 Å². The van der Waals surface area contributed by atoms with Crippen molar-refractivity contribution in [3.05, 3.63) is 15.9 Å². The van der Waals surface area contributed by atoms with E-state index < -0.39 is 10.0 Å². The van der Waals surface area contributed by atoms with Crippen molar-refractivity contribution in [1.29, 1.82) is 0 Å². The maximum absolute atomic E-state index is 12.3. The first-order valence-corrected chi connectivity index (χ1v) is 9.06. The van der Waals surface area contributed by atoms with Gasteiger partial charge < -0.3 is 0 Å². The van der Waals surface area contributed by atoms with E-state index in [-0.39, 0.29) is 0 Å². The Morgan fingerprint density at radius 1 is 1.44 bits per heavy atom. The van der Waals surface area contributed by atoms with Gasteiger partial charge in [-0.1, -0.05) is 22.9 Å². The number of hydrogen-bond acceptors (Lipinski definition) is 3. The summed E-state index contributed by atoms with van der Waals surface area (Å²) in [5, 5.41) is 2.42. The van der Waals surface area contributed by atoms with Crippen LogP contribution in [0.1, 0.15) is 13.3 Å². The maximum atomic E-state index is 12.3. The third-order valence-corrected chi connectivity index (χ3v) is 6.87. The minimum atomic E-state index is -3.34. The summed E-state index contributed by atoms with van der Waals surface area (Å²) >= 11 is 7.79. The summed E-state index contributed by atoms with van der Waals surface area (Å²) in [7, 11) is -3.34. The van der Waals surface area contributed by atoms with E-state index in [1.165, 1.54) is 15.6 Å². The van der Waals surface area contributed by atoms with E-state index in [0.29, 0.717) is 27.1 Å². The van der Waals surface area contributed by atoms with Crippen LogP contribution >= 0.6 is 43.2 Å². The van der Waals surface area contributed by atoms with Gasteiger partial charge in [-0.2, -0.15) is 4.31 Å². The van der Waals surface area contributed by atoms with Crippen molar-refractivity contribution in [2.24, 2.45) is 0 Å². The van der Waals surface area contributed by atoms with Crippen molar-refractivity contribution >= 4 is 53.2 Å². The summed E-state index contributed by atoms with van der Waals surface area (Å²) < 4.78 is 27.1. The molecule has 7 heteroatoms. The molecule has 0 N–H and O–H groups in total. The lowest BCUT2D eigenvalue weighted by Gasteiger charge is -2.19. The van der Waals surface area contributed by atoms with Crippen molar-refractivity contribution in [1.82, 2.24) is 4.31 Å². The van der Waals surface area contributed by atoms with E-state index in [0.717, 1.165) is 6.42 Å². The molecule has 3 nitrogen and oxygen atoms in total. The number of nitrogens with zero attached hydrogens (tertiary/aromatic N) is 1. The van der Waals surface area contributed by atoms with Crippen molar-refractivity contribution in [3.8, 4) is 0 Å². The van der Waals surface area contributed by atoms with E-state index in [2.05, 4.69) is 31.9 Å². The Labute approximate surface area is 117 Å². The second-order valence-corrected chi connectivity index (χ2v) is 7.85. The molecule has 0 amide bonds. The number of alkyl halides is 1. The zero-order chi connectivity index (χ0) is 12.2. The van der Waals surface area contributed by atoms with Gasteiger partial charge in [-0.3, -0.25) is 0 Å². The van der Waals surface area contributed by atoms with Gasteiger partial charge in [0.15, 0.2) is 0 Å². The van der Waals surface area contributed by atoms with Gasteiger partial charge in [0, 0.05) is 22.9 Å². The first-order chi connectivity index (χ1) is 7.54. The second-order valence-electron chi connectivity index (χ2n) is 3.15. The molecular formula is C9H13Br2NO2S2. The highest BCUT2D eigenvalue weighted by Gasteiger charge is 2.26. The third kappa shape index (κ3) is 3.29. The molecule has 0 bridgehead atoms. The minimum absolute atomic E-state index is 0.391. The average molecular weight is 391 g/mol. The molecule has 0 radical (unpaired) electrons. The highest BCUT2D eigenvalue weighted by Crippen LogP contribution is 2.30. The summed E-state index contributed by atoms with van der Waals surface area (Å²) in [6.07, 6.45) is 0.815. The third-order valence-electron chi connectivity index (χ3n) is 1.97. The van der Waals surface area contributed by atoms with Crippen molar-refractivity contribution in [2.75, 3.05) is 18.4 Å². The van der Waals surface area contributed by atoms with Crippen LogP contribution in [-0.4, -0.2) is 31.1 Å². The van der Waals surface area contributed by atoms with E-state index in [4.69, 9.17) is 0 Å². The molecule has 0 aliphatic heterocycles. The fourth-order valence-electron chi connectivity index (χ4n) is 1.28. The monoisotopic (exact) mass is 389 g/mol. The van der Waals surface area contributed by atoms with Crippen molar-refractivity contribution < 1.29 is 8.42 Å². The lowest BCUT2D eigenvalue weighted by atomic mass is 10.5. The molecule has 1 aromatic rings. The first-order valence-electron chi connectivity index (χ1n) is 4.83. The lowest BCUT2D eigenvalue weighted by molar-refractivity contribution is 0.431. The summed E-state index contributed by atoms with van der Waals surface area (Å²) in [5.41, 5.74) is 0. The Balaban J connectivity index is 3.03. The summed E-state index contributed by atoms with van der Waals surface area (Å²) in [4.78, 5) is 0. The molecule has 0 fully saturated rings. The largest absolute Gasteiger partial charge is 0.253 e. The molecule has 1 rings (SSSR count). The molecule has 0 aromatic carbocycles. The van der Waals surface area contributed by atoms with Crippen LogP contribution in [0.2, 0.25) is 0 Å². The molecule has 0 spiro atoms. The van der Waals surface area contributed by atoms with Gasteiger partial charge in [-0.15, -0.1) is 11.3 Å². The van der Waals surface area contributed by atoms with Crippen LogP contribution in [0, 0.1) is 0 Å². The quantitative estimate of drug-likeness (QED) is 0.698. The normalized spacial score (nSPS) is 12.2. The van der Waals surface area contributed by atoms with E-state index in [9.17, 15) is 8.42 Å². The summed E-state index contributed by atoms with van der Waals surface area (Å²) in [6, 6.07) is 1.76. The van der Waals surface area contributed by atoms with Crippen LogP contribution in [0.15, 0.2) is 20.1 Å². The van der Waals surface area contributed by atoms with Crippen LogP contribution in [0.5, 0.6) is 0 Å². The highest BCUT2D eigenvalue weighted by atomic mass is 79.9. The topological polar surface area (TPSA) is 37.4 Å². The number of sulfonamides is 1. The van der Waals surface area contributed by atoms with Gasteiger partial charge in [0.1, 0.15) is 4.21 Å². The summed E-state index contributed by atoms with van der Waals surface area (Å²) in [6.45, 7) is 3.03. The van der Waals surface area contributed by atoms with Gasteiger partial charge in [0.05, 0.1) is 0 Å². The Kier molecular flexibility index (Phi) is 5.93. The molecule has 1 aromatic heterocycles. The van der Waals surface area contributed by atoms with Crippen LogP contribution in [0.3, 0.4) is 0 Å². The molecule has 1 heterocycles. The number of thiophene rings is 1. The molecular weight excluding hydrogens is 378 g/mol. The second kappa shape index (κ2) is 6.49. The van der Waals surface area contributed by atoms with Crippen LogP contribution < -0.4 is 0 Å². The number of halogens is 2. The average Bonchev–Trinajstić information content (AvgIpc) is 2.65. The van der Waals surface area contributed by atoms with Crippen LogP contribution in [0.25, 0.3) is 0 Å². The smallest absolute Gasteiger partial charge is 0.206 e. The molecule has 0 aliphatic rings. The summed E-state index contributed by atoms with van der Waals surface area (Å²) in [5.74, 6) is 0. The molecule has 0 unspecified atom stereocenters. The Hall–Kier alpha value is 0.570. The fraction of sp³-hybridized carbons (Fsp3) is 0.556. The van der Waals surface area contributed by atoms with Gasteiger partial charge in [-0.05, 0) is 33.8 Å². The fourth-order valence-corrected chi connectivity index (χ4v) is 5.92. The van der Waals surface area contributed by atoms with E-state index in [1.54, 1.807) is 11.4 Å². The Morgan fingerprint density at radius 2 is 2.12 bits per heavy atom. The zero-order valence-corrected chi connectivity index (χ0v) is 13.6. The Morgan fingerprint density at radius 3 is 2.56 bits per heavy atom. The zero-order valence-electron chi connectivity index (χ0n) is 8.82. The number of hydrogen-bond donors (Lipinski definition) is 0. The maximum Gasteiger partial charge on any atom is 0.253 e. The predicted molar refractivity (Wildman–Crippen MR) is 74.9 cm³/mol. The molecule has 0 atom stereocenters. The molecule has 0 saturated heterocycles. The van der Waals surface area contributed by atoms with Gasteiger partial charge in [0.2, 0.25) is 0 Å². The predicted octanol–water partition coefficient (Wildman–Crippen LogP) is 3.31. The molecule has 92 valence electrons. The van der Waals surface area contributed by atoms with Crippen molar-refractivity contribution in [3.63, 3.8) is 0 Å².